The number of thiazole rings is 1. The van der Waals surface area contributed by atoms with Crippen LogP contribution in [0.15, 0.2) is 58.8 Å². The van der Waals surface area contributed by atoms with Crippen molar-refractivity contribution in [2.75, 3.05) is 45.3 Å². The highest BCUT2D eigenvalue weighted by Crippen LogP contribution is 2.29. The summed E-state index contributed by atoms with van der Waals surface area (Å²) in [4.78, 5) is 7.13. The molecule has 0 atom stereocenters. The van der Waals surface area contributed by atoms with E-state index in [0.717, 1.165) is 28.6 Å². The first-order chi connectivity index (χ1) is 15.0. The lowest BCUT2D eigenvalue weighted by Crippen LogP contribution is -2.48. The van der Waals surface area contributed by atoms with Crippen molar-refractivity contribution in [1.82, 2.24) is 9.29 Å². The van der Waals surface area contributed by atoms with Crippen LogP contribution in [0.5, 0.6) is 11.5 Å². The van der Waals surface area contributed by atoms with Crippen LogP contribution in [0, 0.1) is 0 Å². The Balaban J connectivity index is 1.41. The molecule has 7 nitrogen and oxygen atoms in total. The highest BCUT2D eigenvalue weighted by molar-refractivity contribution is 7.89. The summed E-state index contributed by atoms with van der Waals surface area (Å²) in [6.07, 6.45) is 0.732. The number of benzene rings is 2. The normalized spacial score (nSPS) is 15.1. The summed E-state index contributed by atoms with van der Waals surface area (Å²) in [5.41, 5.74) is 2.14. The second-order valence-corrected chi connectivity index (χ2v) is 9.93. The second kappa shape index (κ2) is 9.25. The number of methoxy groups -OCH3 is 2. The van der Waals surface area contributed by atoms with E-state index in [4.69, 9.17) is 14.5 Å². The van der Waals surface area contributed by atoms with Crippen molar-refractivity contribution >= 4 is 26.5 Å². The Morgan fingerprint density at radius 2 is 1.77 bits per heavy atom. The van der Waals surface area contributed by atoms with Crippen LogP contribution in [-0.2, 0) is 16.4 Å². The molecule has 0 amide bonds. The number of rotatable bonds is 7. The molecule has 1 aliphatic rings. The van der Waals surface area contributed by atoms with E-state index in [1.165, 1.54) is 11.4 Å². The Morgan fingerprint density at radius 1 is 1.00 bits per heavy atom. The summed E-state index contributed by atoms with van der Waals surface area (Å²) < 4.78 is 38.2. The number of anilines is 1. The smallest absolute Gasteiger partial charge is 0.246 e. The van der Waals surface area contributed by atoms with Gasteiger partial charge in [0.05, 0.1) is 19.9 Å². The molecular formula is C22H25N3O4S2. The fraction of sp³-hybridized carbons (Fsp3) is 0.318. The van der Waals surface area contributed by atoms with Crippen molar-refractivity contribution in [3.8, 4) is 11.5 Å². The Bertz CT molecular complexity index is 1140. The first-order valence-electron chi connectivity index (χ1n) is 9.96. The minimum atomic E-state index is -3.60. The van der Waals surface area contributed by atoms with E-state index < -0.39 is 10.0 Å². The zero-order valence-electron chi connectivity index (χ0n) is 17.5. The van der Waals surface area contributed by atoms with E-state index in [2.05, 4.69) is 16.3 Å². The van der Waals surface area contributed by atoms with E-state index in [0.29, 0.717) is 31.9 Å². The third-order valence-corrected chi connectivity index (χ3v) is 8.14. The van der Waals surface area contributed by atoms with Gasteiger partial charge in [-0.2, -0.15) is 4.31 Å². The molecule has 0 radical (unpaired) electrons. The van der Waals surface area contributed by atoms with Crippen LogP contribution in [0.25, 0.3) is 0 Å². The summed E-state index contributed by atoms with van der Waals surface area (Å²) >= 11 is 1.59. The highest BCUT2D eigenvalue weighted by Gasteiger charge is 2.31. The quantitative estimate of drug-likeness (QED) is 0.540. The van der Waals surface area contributed by atoms with E-state index in [1.807, 2.05) is 18.2 Å². The molecule has 1 aliphatic heterocycles. The van der Waals surface area contributed by atoms with Gasteiger partial charge in [0.2, 0.25) is 10.0 Å². The molecule has 0 saturated carbocycles. The fourth-order valence-electron chi connectivity index (χ4n) is 3.61. The molecule has 0 N–H and O–H groups in total. The van der Waals surface area contributed by atoms with Crippen molar-refractivity contribution in [3.63, 3.8) is 0 Å². The molecule has 3 aromatic rings. The molecule has 2 heterocycles. The number of hydrogen-bond acceptors (Lipinski definition) is 7. The number of ether oxygens (including phenoxy) is 2. The number of sulfonamides is 1. The van der Waals surface area contributed by atoms with Gasteiger partial charge in [0, 0.05) is 38.0 Å². The Labute approximate surface area is 186 Å². The highest BCUT2D eigenvalue weighted by atomic mass is 32.2. The van der Waals surface area contributed by atoms with Gasteiger partial charge in [-0.25, -0.2) is 13.4 Å². The topological polar surface area (TPSA) is 72.0 Å². The maximum absolute atomic E-state index is 13.1. The average Bonchev–Trinajstić information content (AvgIpc) is 3.27. The molecule has 31 heavy (non-hydrogen) atoms. The monoisotopic (exact) mass is 459 g/mol. The summed E-state index contributed by atoms with van der Waals surface area (Å²) in [5.74, 6) is 1.20. The molecule has 0 unspecified atom stereocenters. The molecule has 164 valence electrons. The van der Waals surface area contributed by atoms with Crippen LogP contribution >= 0.6 is 11.3 Å². The van der Waals surface area contributed by atoms with Gasteiger partial charge in [0.25, 0.3) is 0 Å². The summed E-state index contributed by atoms with van der Waals surface area (Å²) in [6.45, 7) is 2.01. The van der Waals surface area contributed by atoms with Crippen LogP contribution in [0.3, 0.4) is 0 Å². The average molecular weight is 460 g/mol. The van der Waals surface area contributed by atoms with Crippen LogP contribution < -0.4 is 14.4 Å². The maximum Gasteiger partial charge on any atom is 0.246 e. The molecule has 2 aromatic carbocycles. The lowest BCUT2D eigenvalue weighted by Gasteiger charge is -2.34. The summed E-state index contributed by atoms with van der Waals surface area (Å²) in [5, 5.41) is 2.99. The first-order valence-corrected chi connectivity index (χ1v) is 12.3. The molecular weight excluding hydrogens is 434 g/mol. The predicted molar refractivity (Wildman–Crippen MR) is 122 cm³/mol. The van der Waals surface area contributed by atoms with Crippen molar-refractivity contribution in [2.24, 2.45) is 0 Å². The Morgan fingerprint density at radius 3 is 2.52 bits per heavy atom. The van der Waals surface area contributed by atoms with E-state index in [1.54, 1.807) is 42.7 Å². The van der Waals surface area contributed by atoms with Crippen LogP contribution in [0.1, 0.15) is 11.3 Å². The van der Waals surface area contributed by atoms with E-state index >= 15 is 0 Å². The van der Waals surface area contributed by atoms with E-state index in [9.17, 15) is 8.42 Å². The third kappa shape index (κ3) is 4.68. The van der Waals surface area contributed by atoms with Gasteiger partial charge in [-0.05, 0) is 29.8 Å². The number of piperazine rings is 1. The van der Waals surface area contributed by atoms with E-state index in [-0.39, 0.29) is 4.90 Å². The zero-order valence-corrected chi connectivity index (χ0v) is 19.2. The molecule has 1 fully saturated rings. The van der Waals surface area contributed by atoms with Crippen molar-refractivity contribution in [3.05, 3.63) is 65.2 Å². The van der Waals surface area contributed by atoms with Crippen LogP contribution in [-0.4, -0.2) is 58.1 Å². The lowest BCUT2D eigenvalue weighted by molar-refractivity contribution is 0.374. The van der Waals surface area contributed by atoms with Crippen molar-refractivity contribution in [1.29, 1.82) is 0 Å². The SMILES string of the molecule is COc1cccc(Cc2csc(N3CCN(S(=O)(=O)c4ccccc4OC)CC3)n2)c1. The molecule has 0 bridgehead atoms. The second-order valence-electron chi connectivity index (χ2n) is 7.19. The Kier molecular flexibility index (Phi) is 6.45. The van der Waals surface area contributed by atoms with Gasteiger partial charge in [0.1, 0.15) is 16.4 Å². The van der Waals surface area contributed by atoms with Crippen LogP contribution in [0.2, 0.25) is 0 Å². The fourth-order valence-corrected chi connectivity index (χ4v) is 6.06. The molecule has 0 aliphatic carbocycles. The zero-order chi connectivity index (χ0) is 21.8. The first kappa shape index (κ1) is 21.6. The predicted octanol–water partition coefficient (Wildman–Crippen LogP) is 3.26. The molecule has 0 spiro atoms. The Hall–Kier alpha value is -2.62. The minimum absolute atomic E-state index is 0.209. The lowest BCUT2D eigenvalue weighted by atomic mass is 10.1. The third-order valence-electron chi connectivity index (χ3n) is 5.26. The molecule has 4 rings (SSSR count). The van der Waals surface area contributed by atoms with Gasteiger partial charge < -0.3 is 14.4 Å². The van der Waals surface area contributed by atoms with Crippen molar-refractivity contribution in [2.45, 2.75) is 11.3 Å². The maximum atomic E-state index is 13.1. The molecule has 1 saturated heterocycles. The number of para-hydroxylation sites is 1. The minimum Gasteiger partial charge on any atom is -0.497 e. The van der Waals surface area contributed by atoms with Gasteiger partial charge in [-0.1, -0.05) is 24.3 Å². The summed E-state index contributed by atoms with van der Waals surface area (Å²) in [7, 11) is -0.455. The molecule has 1 aromatic heterocycles. The number of aromatic nitrogens is 1. The van der Waals surface area contributed by atoms with Crippen molar-refractivity contribution < 1.29 is 17.9 Å². The number of nitrogens with zero attached hydrogens (tertiary/aromatic N) is 3. The molecule has 9 heteroatoms. The van der Waals surface area contributed by atoms with Gasteiger partial charge in [-0.15, -0.1) is 11.3 Å². The number of hydrogen-bond donors (Lipinski definition) is 0. The summed E-state index contributed by atoms with van der Waals surface area (Å²) in [6, 6.07) is 14.7. The van der Waals surface area contributed by atoms with Crippen LogP contribution in [0.4, 0.5) is 5.13 Å². The largest absolute Gasteiger partial charge is 0.497 e. The standard InChI is InChI=1S/C22H25N3O4S2/c1-28-19-7-5-6-17(15-19)14-18-16-30-22(23-18)24-10-12-25(13-11-24)31(26,27)21-9-4-3-8-20(21)29-2/h3-9,15-16H,10-14H2,1-2H3. The van der Waals surface area contributed by atoms with Gasteiger partial charge >= 0.3 is 0 Å². The van der Waals surface area contributed by atoms with Gasteiger partial charge in [0.15, 0.2) is 5.13 Å². The van der Waals surface area contributed by atoms with Gasteiger partial charge in [-0.3, -0.25) is 0 Å².